The molecule has 2 aromatic carbocycles. The van der Waals surface area contributed by atoms with E-state index in [0.717, 1.165) is 62.3 Å². The van der Waals surface area contributed by atoms with Crippen LogP contribution in [-0.2, 0) is 6.42 Å². The average Bonchev–Trinajstić information content (AvgIpc) is 2.76. The third kappa shape index (κ3) is 5.82. The number of halogens is 1. The topological polar surface area (TPSA) is 26.8 Å². The number of amides is 1. The van der Waals surface area contributed by atoms with Crippen LogP contribution in [0, 0.1) is 11.7 Å². The fourth-order valence-corrected chi connectivity index (χ4v) is 4.37. The number of para-hydroxylation sites is 1. The van der Waals surface area contributed by atoms with E-state index >= 15 is 0 Å². The Kier molecular flexibility index (Phi) is 7.86. The SMILES string of the molecule is CCN(CC1CCCN(CCc2cccc(F)c2)C1)C(=O)c1ccccc1N(C)C. The Morgan fingerprint density at radius 1 is 1.17 bits per heavy atom. The Hall–Kier alpha value is -2.40. The van der Waals surface area contributed by atoms with Crippen LogP contribution in [0.1, 0.15) is 35.7 Å². The summed E-state index contributed by atoms with van der Waals surface area (Å²) in [6, 6.07) is 14.7. The molecule has 0 aliphatic carbocycles. The fraction of sp³-hybridized carbons (Fsp3) is 0.480. The minimum atomic E-state index is -0.167. The van der Waals surface area contributed by atoms with E-state index in [1.807, 2.05) is 54.2 Å². The van der Waals surface area contributed by atoms with Crippen molar-refractivity contribution in [1.29, 1.82) is 0 Å². The molecule has 0 spiro atoms. The largest absolute Gasteiger partial charge is 0.377 e. The van der Waals surface area contributed by atoms with Crippen molar-refractivity contribution in [3.63, 3.8) is 0 Å². The molecular weight excluding hydrogens is 377 g/mol. The van der Waals surface area contributed by atoms with Gasteiger partial charge in [0.1, 0.15) is 5.82 Å². The predicted molar refractivity (Wildman–Crippen MR) is 122 cm³/mol. The Balaban J connectivity index is 1.59. The molecule has 0 aromatic heterocycles. The lowest BCUT2D eigenvalue weighted by Crippen LogP contribution is -2.43. The highest BCUT2D eigenvalue weighted by Gasteiger charge is 2.25. The molecule has 1 atom stereocenters. The Morgan fingerprint density at radius 3 is 2.70 bits per heavy atom. The van der Waals surface area contributed by atoms with Gasteiger partial charge in [0.15, 0.2) is 0 Å². The van der Waals surface area contributed by atoms with Crippen molar-refractivity contribution in [2.45, 2.75) is 26.2 Å². The molecule has 2 aromatic rings. The number of likely N-dealkylation sites (tertiary alicyclic amines) is 1. The normalized spacial score (nSPS) is 17.0. The summed E-state index contributed by atoms with van der Waals surface area (Å²) in [7, 11) is 3.94. The number of anilines is 1. The number of carbonyl (C=O) groups excluding carboxylic acids is 1. The van der Waals surface area contributed by atoms with Gasteiger partial charge in [0.2, 0.25) is 0 Å². The van der Waals surface area contributed by atoms with E-state index in [4.69, 9.17) is 0 Å². The smallest absolute Gasteiger partial charge is 0.255 e. The third-order valence-corrected chi connectivity index (χ3v) is 5.97. The van der Waals surface area contributed by atoms with Crippen molar-refractivity contribution in [1.82, 2.24) is 9.80 Å². The van der Waals surface area contributed by atoms with Gasteiger partial charge in [-0.15, -0.1) is 0 Å². The Morgan fingerprint density at radius 2 is 1.97 bits per heavy atom. The van der Waals surface area contributed by atoms with Crippen molar-refractivity contribution in [3.05, 3.63) is 65.5 Å². The minimum absolute atomic E-state index is 0.110. The number of hydrogen-bond acceptors (Lipinski definition) is 3. The van der Waals surface area contributed by atoms with E-state index in [1.54, 1.807) is 12.1 Å². The van der Waals surface area contributed by atoms with Gasteiger partial charge >= 0.3 is 0 Å². The first-order chi connectivity index (χ1) is 14.5. The van der Waals surface area contributed by atoms with Gasteiger partial charge in [-0.05, 0) is 68.5 Å². The molecule has 1 fully saturated rings. The average molecular weight is 412 g/mol. The van der Waals surface area contributed by atoms with Crippen molar-refractivity contribution >= 4 is 11.6 Å². The number of carbonyl (C=O) groups is 1. The van der Waals surface area contributed by atoms with Gasteiger partial charge in [-0.1, -0.05) is 24.3 Å². The fourth-order valence-electron chi connectivity index (χ4n) is 4.37. The summed E-state index contributed by atoms with van der Waals surface area (Å²) in [5.74, 6) is 0.416. The molecule has 1 unspecified atom stereocenters. The molecular formula is C25H34FN3O. The summed E-state index contributed by atoms with van der Waals surface area (Å²) in [5, 5.41) is 0. The van der Waals surface area contributed by atoms with E-state index in [-0.39, 0.29) is 11.7 Å². The zero-order valence-electron chi connectivity index (χ0n) is 18.5. The number of nitrogens with zero attached hydrogens (tertiary/aromatic N) is 3. The molecule has 3 rings (SSSR count). The van der Waals surface area contributed by atoms with Crippen LogP contribution < -0.4 is 4.90 Å². The molecule has 162 valence electrons. The summed E-state index contributed by atoms with van der Waals surface area (Å²) in [6.45, 7) is 6.56. The first-order valence-corrected chi connectivity index (χ1v) is 11.0. The van der Waals surface area contributed by atoms with Crippen LogP contribution >= 0.6 is 0 Å². The second-order valence-electron chi connectivity index (χ2n) is 8.44. The molecule has 5 heteroatoms. The van der Waals surface area contributed by atoms with Gasteiger partial charge in [0.05, 0.1) is 5.56 Å². The molecule has 0 N–H and O–H groups in total. The molecule has 0 radical (unpaired) electrons. The molecule has 1 amide bonds. The highest BCUT2D eigenvalue weighted by molar-refractivity contribution is 5.99. The van der Waals surface area contributed by atoms with Crippen molar-refractivity contribution in [2.75, 3.05) is 51.7 Å². The zero-order chi connectivity index (χ0) is 21.5. The molecule has 1 saturated heterocycles. The van der Waals surface area contributed by atoms with Crippen LogP contribution in [0.25, 0.3) is 0 Å². The molecule has 30 heavy (non-hydrogen) atoms. The van der Waals surface area contributed by atoms with Crippen molar-refractivity contribution in [3.8, 4) is 0 Å². The highest BCUT2D eigenvalue weighted by Crippen LogP contribution is 2.23. The standard InChI is InChI=1S/C25H34FN3O/c1-4-29(25(30)23-12-5-6-13-24(23)27(2)3)19-21-10-8-15-28(18-21)16-14-20-9-7-11-22(26)17-20/h5-7,9,11-13,17,21H,4,8,10,14-16,18-19H2,1-3H3. The van der Waals surface area contributed by atoms with E-state index in [9.17, 15) is 9.18 Å². The van der Waals surface area contributed by atoms with Crippen molar-refractivity contribution < 1.29 is 9.18 Å². The summed E-state index contributed by atoms with van der Waals surface area (Å²) in [5.41, 5.74) is 2.77. The molecule has 1 heterocycles. The Labute approximate surface area is 180 Å². The van der Waals surface area contributed by atoms with E-state index in [2.05, 4.69) is 11.8 Å². The summed E-state index contributed by atoms with van der Waals surface area (Å²) >= 11 is 0. The zero-order valence-corrected chi connectivity index (χ0v) is 18.5. The van der Waals surface area contributed by atoms with Gasteiger partial charge in [0, 0.05) is 46.0 Å². The first kappa shape index (κ1) is 22.3. The van der Waals surface area contributed by atoms with Gasteiger partial charge in [-0.3, -0.25) is 4.79 Å². The summed E-state index contributed by atoms with van der Waals surface area (Å²) < 4.78 is 13.4. The van der Waals surface area contributed by atoms with Crippen LogP contribution in [0.15, 0.2) is 48.5 Å². The van der Waals surface area contributed by atoms with Crippen LogP contribution in [0.2, 0.25) is 0 Å². The number of piperidine rings is 1. The monoisotopic (exact) mass is 411 g/mol. The molecule has 0 bridgehead atoms. The maximum Gasteiger partial charge on any atom is 0.255 e. The lowest BCUT2D eigenvalue weighted by atomic mass is 9.96. The van der Waals surface area contributed by atoms with E-state index < -0.39 is 0 Å². The summed E-state index contributed by atoms with van der Waals surface area (Å²) in [4.78, 5) is 19.7. The molecule has 1 aliphatic heterocycles. The molecule has 1 aliphatic rings. The van der Waals surface area contributed by atoms with Crippen LogP contribution in [0.4, 0.5) is 10.1 Å². The highest BCUT2D eigenvalue weighted by atomic mass is 19.1. The quantitative estimate of drug-likeness (QED) is 0.648. The number of benzene rings is 2. The van der Waals surface area contributed by atoms with E-state index in [0.29, 0.717) is 12.5 Å². The van der Waals surface area contributed by atoms with Crippen molar-refractivity contribution in [2.24, 2.45) is 5.92 Å². The van der Waals surface area contributed by atoms with Crippen LogP contribution in [0.5, 0.6) is 0 Å². The molecule has 0 saturated carbocycles. The Bertz CT molecular complexity index is 839. The second-order valence-corrected chi connectivity index (χ2v) is 8.44. The number of hydrogen-bond donors (Lipinski definition) is 0. The summed E-state index contributed by atoms with van der Waals surface area (Å²) in [6.07, 6.45) is 3.15. The lowest BCUT2D eigenvalue weighted by Gasteiger charge is -2.35. The maximum atomic E-state index is 13.4. The van der Waals surface area contributed by atoms with Gasteiger partial charge in [-0.2, -0.15) is 0 Å². The third-order valence-electron chi connectivity index (χ3n) is 5.97. The minimum Gasteiger partial charge on any atom is -0.377 e. The molecule has 4 nitrogen and oxygen atoms in total. The van der Waals surface area contributed by atoms with Crippen LogP contribution in [0.3, 0.4) is 0 Å². The van der Waals surface area contributed by atoms with Gasteiger partial charge in [0.25, 0.3) is 5.91 Å². The second kappa shape index (κ2) is 10.6. The lowest BCUT2D eigenvalue weighted by molar-refractivity contribution is 0.0691. The van der Waals surface area contributed by atoms with Gasteiger partial charge < -0.3 is 14.7 Å². The first-order valence-electron chi connectivity index (χ1n) is 11.0. The van der Waals surface area contributed by atoms with Gasteiger partial charge in [-0.25, -0.2) is 4.39 Å². The maximum absolute atomic E-state index is 13.4. The predicted octanol–water partition coefficient (Wildman–Crippen LogP) is 4.31. The van der Waals surface area contributed by atoms with E-state index in [1.165, 1.54) is 6.07 Å². The van der Waals surface area contributed by atoms with Crippen LogP contribution in [-0.4, -0.2) is 62.5 Å². The number of rotatable bonds is 8.